The number of hydrogen-bond donors (Lipinski definition) is 1. The molecule has 0 radical (unpaired) electrons. The van der Waals surface area contributed by atoms with Gasteiger partial charge in [0.05, 0.1) is 18.4 Å². The first-order valence-electron chi connectivity index (χ1n) is 14.1. The Labute approximate surface area is 223 Å². The van der Waals surface area contributed by atoms with E-state index in [4.69, 9.17) is 9.47 Å². The minimum atomic E-state index is -1.90. The fraction of sp³-hybridized carbons (Fsp3) is 0.733. The highest BCUT2D eigenvalue weighted by Crippen LogP contribution is 2.72. The molecule has 0 unspecified atom stereocenters. The summed E-state index contributed by atoms with van der Waals surface area (Å²) in [5.41, 5.74) is -2.46. The number of hydrogen-bond acceptors (Lipinski definition) is 7. The summed E-state index contributed by atoms with van der Waals surface area (Å²) in [6.07, 6.45) is 5.06. The number of nitrogens with zero attached hydrogens (tertiary/aromatic N) is 1. The van der Waals surface area contributed by atoms with E-state index in [0.717, 1.165) is 16.9 Å². The predicted molar refractivity (Wildman–Crippen MR) is 139 cm³/mol. The third kappa shape index (κ3) is 3.40. The molecule has 7 nitrogen and oxygen atoms in total. The number of carbonyl (C=O) groups is 3. The summed E-state index contributed by atoms with van der Waals surface area (Å²) in [4.78, 5) is 43.1. The first kappa shape index (κ1) is 27.2. The van der Waals surface area contributed by atoms with Gasteiger partial charge >= 0.3 is 11.9 Å². The van der Waals surface area contributed by atoms with E-state index in [2.05, 4.69) is 4.99 Å². The van der Waals surface area contributed by atoms with Crippen LogP contribution in [0.3, 0.4) is 0 Å². The molecular weight excluding hydrogens is 489 g/mol. The van der Waals surface area contributed by atoms with E-state index < -0.39 is 64.4 Å². The van der Waals surface area contributed by atoms with Gasteiger partial charge in [-0.05, 0) is 49.7 Å². The van der Waals surface area contributed by atoms with Gasteiger partial charge in [0.25, 0.3) is 0 Å². The van der Waals surface area contributed by atoms with Gasteiger partial charge in [0.2, 0.25) is 5.78 Å². The molecule has 8 atom stereocenters. The summed E-state index contributed by atoms with van der Waals surface area (Å²) in [6, 6.07) is 0. The van der Waals surface area contributed by atoms with E-state index in [-0.39, 0.29) is 25.2 Å². The van der Waals surface area contributed by atoms with Crippen LogP contribution in [0.5, 0.6) is 0 Å². The highest BCUT2D eigenvalue weighted by molar-refractivity contribution is 6.11. The molecule has 0 aromatic rings. The van der Waals surface area contributed by atoms with E-state index in [1.54, 1.807) is 13.8 Å². The largest absolute Gasteiger partial charge is 0.457 e. The lowest BCUT2D eigenvalue weighted by Crippen LogP contribution is -2.70. The average Bonchev–Trinajstić information content (AvgIpc) is 3.41. The first-order chi connectivity index (χ1) is 17.9. The van der Waals surface area contributed by atoms with Gasteiger partial charge in [-0.15, -0.1) is 0 Å². The second kappa shape index (κ2) is 9.10. The van der Waals surface area contributed by atoms with Crippen LogP contribution >= 0.6 is 0 Å². The van der Waals surface area contributed by atoms with Crippen molar-refractivity contribution in [2.45, 2.75) is 96.9 Å². The zero-order valence-electron chi connectivity index (χ0n) is 23.1. The van der Waals surface area contributed by atoms with Gasteiger partial charge in [-0.1, -0.05) is 46.3 Å². The molecule has 8 heteroatoms. The maximum absolute atomic E-state index is 17.8. The fourth-order valence-electron chi connectivity index (χ4n) is 8.93. The second-order valence-electron chi connectivity index (χ2n) is 12.4. The third-order valence-electron chi connectivity index (χ3n) is 10.8. The van der Waals surface area contributed by atoms with E-state index in [0.29, 0.717) is 32.2 Å². The number of carbonyl (C=O) groups excluding carboxylic acids is 3. The van der Waals surface area contributed by atoms with Crippen molar-refractivity contribution in [2.24, 2.45) is 33.6 Å². The third-order valence-corrected chi connectivity index (χ3v) is 10.8. The van der Waals surface area contributed by atoms with Crippen molar-refractivity contribution >= 4 is 23.4 Å². The number of aliphatic imine (C=N–C) groups is 1. The maximum Gasteiger partial charge on any atom is 0.306 e. The molecule has 0 spiro atoms. The lowest BCUT2D eigenvalue weighted by Gasteiger charge is -2.63. The minimum Gasteiger partial charge on any atom is -0.457 e. The van der Waals surface area contributed by atoms with Gasteiger partial charge < -0.3 is 14.6 Å². The molecule has 38 heavy (non-hydrogen) atoms. The summed E-state index contributed by atoms with van der Waals surface area (Å²) in [5.74, 6) is -2.79. The van der Waals surface area contributed by atoms with Crippen LogP contribution in [0.1, 0.15) is 79.6 Å². The number of aliphatic hydroxyl groups is 1. The summed E-state index contributed by atoms with van der Waals surface area (Å²) in [7, 11) is 0. The molecule has 0 aromatic heterocycles. The van der Waals surface area contributed by atoms with Gasteiger partial charge in [0, 0.05) is 35.5 Å². The van der Waals surface area contributed by atoms with E-state index in [1.807, 2.05) is 32.9 Å². The maximum atomic E-state index is 17.8. The van der Waals surface area contributed by atoms with E-state index >= 15 is 4.39 Å². The molecule has 0 saturated heterocycles. The second-order valence-corrected chi connectivity index (χ2v) is 12.4. The van der Waals surface area contributed by atoms with Gasteiger partial charge in [-0.3, -0.25) is 19.4 Å². The van der Waals surface area contributed by atoms with Crippen molar-refractivity contribution in [1.29, 1.82) is 0 Å². The Kier molecular flexibility index (Phi) is 6.52. The van der Waals surface area contributed by atoms with Crippen molar-refractivity contribution in [2.75, 3.05) is 13.2 Å². The van der Waals surface area contributed by atoms with Crippen molar-refractivity contribution in [1.82, 2.24) is 0 Å². The van der Waals surface area contributed by atoms with Crippen LogP contribution in [-0.4, -0.2) is 59.1 Å². The van der Waals surface area contributed by atoms with Crippen LogP contribution in [-0.2, 0) is 23.9 Å². The normalized spacial score (nSPS) is 43.0. The number of allylic oxidation sites excluding steroid dienone is 3. The number of halogens is 1. The number of esters is 2. The van der Waals surface area contributed by atoms with Crippen LogP contribution in [0.15, 0.2) is 28.3 Å². The lowest BCUT2D eigenvalue weighted by molar-refractivity contribution is -0.234. The van der Waals surface area contributed by atoms with Crippen molar-refractivity contribution in [3.63, 3.8) is 0 Å². The molecule has 0 aromatic carbocycles. The van der Waals surface area contributed by atoms with E-state index in [9.17, 15) is 19.5 Å². The molecular formula is C30H40FNO6. The van der Waals surface area contributed by atoms with Crippen LogP contribution < -0.4 is 0 Å². The Hall–Kier alpha value is -2.35. The van der Waals surface area contributed by atoms with Gasteiger partial charge in [0.1, 0.15) is 5.67 Å². The average molecular weight is 530 g/mol. The summed E-state index contributed by atoms with van der Waals surface area (Å²) < 4.78 is 29.1. The molecule has 0 bridgehead atoms. The van der Waals surface area contributed by atoms with Crippen molar-refractivity contribution in [3.05, 3.63) is 23.3 Å². The Morgan fingerprint density at radius 2 is 1.87 bits per heavy atom. The molecule has 0 amide bonds. The van der Waals surface area contributed by atoms with Crippen molar-refractivity contribution in [3.8, 4) is 0 Å². The molecule has 1 aliphatic heterocycles. The standard InChI is InChI=1S/C30H40FNO6/c1-6-25(35)37-16-24(34)30(38-26(36)7-2)17(3)12-21-20-9-8-19-13-22-18(10-11-32-22)14-27(19,4)29(20,31)23(33)15-28(21,30)5/h10,13,17,20-21,23,33H,6-9,11-12,14-16H2,1-5H3/t17-,20-,21-,23-,27-,28-,29-,30-/m0/s1. The number of fused-ring (bicyclic) bond motifs is 6. The summed E-state index contributed by atoms with van der Waals surface area (Å²) in [5, 5.41) is 11.8. The fourth-order valence-corrected chi connectivity index (χ4v) is 8.93. The van der Waals surface area contributed by atoms with Gasteiger partial charge in [-0.2, -0.15) is 0 Å². The van der Waals surface area contributed by atoms with Crippen LogP contribution in [0, 0.1) is 28.6 Å². The zero-order chi connectivity index (χ0) is 27.7. The number of ketones is 1. The number of rotatable bonds is 6. The Morgan fingerprint density at radius 3 is 2.55 bits per heavy atom. The summed E-state index contributed by atoms with van der Waals surface area (Å²) >= 11 is 0. The van der Waals surface area contributed by atoms with Crippen LogP contribution in [0.2, 0.25) is 0 Å². The highest BCUT2D eigenvalue weighted by Gasteiger charge is 2.77. The van der Waals surface area contributed by atoms with Gasteiger partial charge in [-0.25, -0.2) is 4.39 Å². The monoisotopic (exact) mass is 529 g/mol. The number of ether oxygens (including phenoxy) is 2. The first-order valence-corrected chi connectivity index (χ1v) is 14.1. The van der Waals surface area contributed by atoms with Crippen molar-refractivity contribution < 1.29 is 33.4 Å². The molecule has 4 aliphatic carbocycles. The Balaban J connectivity index is 1.58. The smallest absolute Gasteiger partial charge is 0.306 e. The summed E-state index contributed by atoms with van der Waals surface area (Å²) in [6.45, 7) is 9.05. The zero-order valence-corrected chi connectivity index (χ0v) is 23.1. The molecule has 208 valence electrons. The Morgan fingerprint density at radius 1 is 1.16 bits per heavy atom. The number of Topliss-reactive ketones (excluding diaryl/α,β-unsaturated/α-hetero) is 1. The molecule has 5 rings (SSSR count). The minimum absolute atomic E-state index is 0.0255. The van der Waals surface area contributed by atoms with E-state index in [1.165, 1.54) is 0 Å². The quantitative estimate of drug-likeness (QED) is 0.510. The molecule has 5 aliphatic rings. The molecule has 1 heterocycles. The lowest BCUT2D eigenvalue weighted by atomic mass is 9.43. The predicted octanol–water partition coefficient (Wildman–Crippen LogP) is 4.46. The SMILES string of the molecule is CCC(=O)OCC(=O)[C@@]1(OC(=O)CC)[C@@H](C)C[C@H]2[C@@H]3CCC4=CC5=NCC=C5C[C@]4(C)[C@@]3(F)[C@@H](O)C[C@@]21C. The number of aliphatic hydroxyl groups excluding tert-OH is 1. The molecule has 3 fully saturated rings. The van der Waals surface area contributed by atoms with Crippen LogP contribution in [0.4, 0.5) is 4.39 Å². The molecule has 1 N–H and O–H groups in total. The number of alkyl halides is 1. The molecule has 3 saturated carbocycles. The highest BCUT2D eigenvalue weighted by atomic mass is 19.1. The topological polar surface area (TPSA) is 102 Å². The Bertz CT molecular complexity index is 1160. The van der Waals surface area contributed by atoms with Gasteiger partial charge in [0.15, 0.2) is 12.2 Å². The van der Waals surface area contributed by atoms with Crippen LogP contribution in [0.25, 0.3) is 0 Å².